The predicted molar refractivity (Wildman–Crippen MR) is 43.7 cm³/mol. The van der Waals surface area contributed by atoms with Gasteiger partial charge in [-0.3, -0.25) is 0 Å². The van der Waals surface area contributed by atoms with Gasteiger partial charge in [0.2, 0.25) is 0 Å². The summed E-state index contributed by atoms with van der Waals surface area (Å²) in [7, 11) is -1.34. The number of hydrogen-bond donors (Lipinski definition) is 1. The molecule has 2 nitrogen and oxygen atoms in total. The van der Waals surface area contributed by atoms with E-state index >= 15 is 0 Å². The third-order valence-corrected chi connectivity index (χ3v) is 1.74. The molecular formula is C7H12FO2P. The maximum Gasteiger partial charge on any atom is 0.164 e. The molecule has 0 aliphatic heterocycles. The van der Waals surface area contributed by atoms with E-state index in [2.05, 4.69) is 5.92 Å². The van der Waals surface area contributed by atoms with E-state index in [4.69, 9.17) is 9.42 Å². The van der Waals surface area contributed by atoms with Crippen LogP contribution in [0.4, 0.5) is 4.39 Å². The second-order valence-corrected chi connectivity index (χ2v) is 3.29. The average molecular weight is 178 g/mol. The zero-order valence-electron chi connectivity index (χ0n) is 6.67. The molecule has 0 fully saturated rings. The highest BCUT2D eigenvalue weighted by atomic mass is 31.2. The van der Waals surface area contributed by atoms with Crippen LogP contribution >= 0.6 is 8.38 Å². The van der Waals surface area contributed by atoms with E-state index in [1.165, 1.54) is 6.17 Å². The Bertz CT molecular complexity index is 150. The summed E-state index contributed by atoms with van der Waals surface area (Å²) in [4.78, 5) is 8.77. The van der Waals surface area contributed by atoms with Gasteiger partial charge in [-0.2, -0.15) is 0 Å². The van der Waals surface area contributed by atoms with Crippen molar-refractivity contribution in [1.29, 1.82) is 0 Å². The normalized spacial score (nSPS) is 14.9. The minimum Gasteiger partial charge on any atom is -0.350 e. The first kappa shape index (κ1) is 10.8. The van der Waals surface area contributed by atoms with E-state index in [0.717, 1.165) is 6.42 Å². The lowest BCUT2D eigenvalue weighted by Crippen LogP contribution is -2.03. The Morgan fingerprint density at radius 2 is 2.36 bits per heavy atom. The van der Waals surface area contributed by atoms with Crippen molar-refractivity contribution in [3.63, 3.8) is 0 Å². The first-order valence-corrected chi connectivity index (χ1v) is 5.03. The van der Waals surface area contributed by atoms with E-state index in [0.29, 0.717) is 6.61 Å². The Labute approximate surface area is 67.7 Å². The lowest BCUT2D eigenvalue weighted by Gasteiger charge is -2.09. The Hall–Kier alpha value is -0.160. The highest BCUT2D eigenvalue weighted by molar-refractivity contribution is 7.45. The molecule has 4 heteroatoms. The monoisotopic (exact) mass is 178 g/mol. The van der Waals surface area contributed by atoms with E-state index in [1.54, 1.807) is 6.66 Å². The van der Waals surface area contributed by atoms with Crippen LogP contribution in [0.25, 0.3) is 0 Å². The number of rotatable bonds is 4. The van der Waals surface area contributed by atoms with Crippen molar-refractivity contribution >= 4 is 8.38 Å². The summed E-state index contributed by atoms with van der Waals surface area (Å²) in [6.45, 7) is 3.78. The SMILES string of the molecule is CCC(C#CF)COP(C)O. The molecule has 0 aromatic rings. The van der Waals surface area contributed by atoms with Crippen LogP contribution in [0.1, 0.15) is 13.3 Å². The molecule has 0 rings (SSSR count). The summed E-state index contributed by atoms with van der Waals surface area (Å²) < 4.78 is 16.4. The molecule has 0 heterocycles. The van der Waals surface area contributed by atoms with Gasteiger partial charge in [0.05, 0.1) is 6.61 Å². The van der Waals surface area contributed by atoms with E-state index in [9.17, 15) is 4.39 Å². The maximum atomic E-state index is 11.5. The van der Waals surface area contributed by atoms with Crippen LogP contribution in [0.2, 0.25) is 0 Å². The van der Waals surface area contributed by atoms with Gasteiger partial charge < -0.3 is 9.42 Å². The largest absolute Gasteiger partial charge is 0.350 e. The zero-order valence-corrected chi connectivity index (χ0v) is 7.57. The second kappa shape index (κ2) is 6.54. The Balaban J connectivity index is 3.58. The topological polar surface area (TPSA) is 29.5 Å². The molecular weight excluding hydrogens is 166 g/mol. The van der Waals surface area contributed by atoms with Crippen LogP contribution in [-0.4, -0.2) is 18.2 Å². The van der Waals surface area contributed by atoms with Gasteiger partial charge in [-0.25, -0.2) is 0 Å². The van der Waals surface area contributed by atoms with Gasteiger partial charge in [-0.05, 0) is 6.42 Å². The van der Waals surface area contributed by atoms with Gasteiger partial charge in [0.25, 0.3) is 0 Å². The van der Waals surface area contributed by atoms with Gasteiger partial charge in [0.1, 0.15) is 6.17 Å². The number of halogens is 1. The van der Waals surface area contributed by atoms with Crippen LogP contribution in [0.5, 0.6) is 0 Å². The van der Waals surface area contributed by atoms with Crippen molar-refractivity contribution in [2.24, 2.45) is 5.92 Å². The summed E-state index contributed by atoms with van der Waals surface area (Å²) in [5.74, 6) is 2.25. The molecule has 2 atom stereocenters. The molecule has 0 saturated carbocycles. The number of hydrogen-bond acceptors (Lipinski definition) is 2. The maximum absolute atomic E-state index is 11.5. The van der Waals surface area contributed by atoms with Gasteiger partial charge in [0, 0.05) is 12.6 Å². The van der Waals surface area contributed by atoms with E-state index in [-0.39, 0.29) is 5.92 Å². The summed E-state index contributed by atoms with van der Waals surface area (Å²) >= 11 is 0. The summed E-state index contributed by atoms with van der Waals surface area (Å²) in [6, 6.07) is 0. The third-order valence-electron chi connectivity index (χ3n) is 1.21. The second-order valence-electron chi connectivity index (χ2n) is 2.10. The zero-order chi connectivity index (χ0) is 8.69. The van der Waals surface area contributed by atoms with Crippen molar-refractivity contribution in [3.8, 4) is 12.1 Å². The molecule has 0 radical (unpaired) electrons. The van der Waals surface area contributed by atoms with E-state index < -0.39 is 8.38 Å². The molecule has 0 aromatic carbocycles. The minimum atomic E-state index is -1.34. The fourth-order valence-corrected chi connectivity index (χ4v) is 0.932. The van der Waals surface area contributed by atoms with Gasteiger partial charge in [0.15, 0.2) is 8.38 Å². The Kier molecular flexibility index (Phi) is 6.45. The summed E-state index contributed by atoms with van der Waals surface area (Å²) in [5, 5.41) is 0. The van der Waals surface area contributed by atoms with Crippen molar-refractivity contribution in [3.05, 3.63) is 0 Å². The predicted octanol–water partition coefficient (Wildman–Crippen LogP) is 1.89. The van der Waals surface area contributed by atoms with Crippen molar-refractivity contribution in [1.82, 2.24) is 0 Å². The lowest BCUT2D eigenvalue weighted by molar-refractivity contribution is 0.276. The van der Waals surface area contributed by atoms with Gasteiger partial charge in [-0.15, -0.1) is 4.39 Å². The molecule has 2 unspecified atom stereocenters. The first-order valence-electron chi connectivity index (χ1n) is 3.37. The standard InChI is InChI=1S/C7H12FO2P/c1-3-7(4-5-8)6-10-11(2)9/h7,9H,3,6H2,1-2H3. The quantitative estimate of drug-likeness (QED) is 0.526. The average Bonchev–Trinajstić information content (AvgIpc) is 1.97. The molecule has 0 bridgehead atoms. The van der Waals surface area contributed by atoms with Crippen LogP contribution in [-0.2, 0) is 4.52 Å². The molecule has 0 aliphatic carbocycles. The van der Waals surface area contributed by atoms with Crippen molar-refractivity contribution in [2.75, 3.05) is 13.3 Å². The van der Waals surface area contributed by atoms with Crippen molar-refractivity contribution in [2.45, 2.75) is 13.3 Å². The highest BCUT2D eigenvalue weighted by Crippen LogP contribution is 2.26. The van der Waals surface area contributed by atoms with Crippen LogP contribution in [0, 0.1) is 18.0 Å². The van der Waals surface area contributed by atoms with Crippen molar-refractivity contribution < 1.29 is 13.8 Å². The Morgan fingerprint density at radius 1 is 1.73 bits per heavy atom. The van der Waals surface area contributed by atoms with Crippen LogP contribution in [0.15, 0.2) is 0 Å². The molecule has 0 spiro atoms. The highest BCUT2D eigenvalue weighted by Gasteiger charge is 2.04. The summed E-state index contributed by atoms with van der Waals surface area (Å²) in [5.41, 5.74) is 0. The smallest absolute Gasteiger partial charge is 0.164 e. The van der Waals surface area contributed by atoms with Gasteiger partial charge in [-0.1, -0.05) is 12.8 Å². The molecule has 0 aromatic heterocycles. The molecule has 64 valence electrons. The fourth-order valence-electron chi connectivity index (χ4n) is 0.537. The molecule has 0 amide bonds. The van der Waals surface area contributed by atoms with Crippen LogP contribution in [0.3, 0.4) is 0 Å². The van der Waals surface area contributed by atoms with Gasteiger partial charge >= 0.3 is 0 Å². The van der Waals surface area contributed by atoms with Crippen LogP contribution < -0.4 is 0 Å². The molecule has 0 aliphatic rings. The molecule has 0 saturated heterocycles. The molecule has 11 heavy (non-hydrogen) atoms. The lowest BCUT2D eigenvalue weighted by atomic mass is 10.1. The Morgan fingerprint density at radius 3 is 2.73 bits per heavy atom. The third kappa shape index (κ3) is 6.25. The molecule has 1 N–H and O–H groups in total. The first-order chi connectivity index (χ1) is 5.20. The summed E-state index contributed by atoms with van der Waals surface area (Å²) in [6.07, 6.45) is 2.07. The fraction of sp³-hybridized carbons (Fsp3) is 0.714. The van der Waals surface area contributed by atoms with E-state index in [1.807, 2.05) is 6.92 Å². The minimum absolute atomic E-state index is 0.0999.